The molecule has 1 aromatic carbocycles. The van der Waals surface area contributed by atoms with Crippen molar-refractivity contribution < 1.29 is 4.79 Å². The SMILES string of the molecule is CC1(Nc2ncc3nc(Nc4cccc(Cl)c4)n(C4CCC(C(N)=O)CC4)c3n2)CCCC1. The number of hydrogen-bond donors (Lipinski definition) is 3. The third-order valence-electron chi connectivity index (χ3n) is 7.10. The van der Waals surface area contributed by atoms with Gasteiger partial charge in [0.1, 0.15) is 5.52 Å². The summed E-state index contributed by atoms with van der Waals surface area (Å²) in [4.78, 5) is 26.0. The maximum atomic E-state index is 11.7. The molecule has 2 fully saturated rings. The molecule has 33 heavy (non-hydrogen) atoms. The van der Waals surface area contributed by atoms with Gasteiger partial charge in [-0.1, -0.05) is 30.5 Å². The molecule has 0 bridgehead atoms. The van der Waals surface area contributed by atoms with Crippen LogP contribution >= 0.6 is 11.6 Å². The molecule has 2 aromatic heterocycles. The van der Waals surface area contributed by atoms with Crippen molar-refractivity contribution >= 4 is 46.3 Å². The van der Waals surface area contributed by atoms with Crippen LogP contribution in [-0.2, 0) is 4.79 Å². The van der Waals surface area contributed by atoms with Crippen molar-refractivity contribution in [1.82, 2.24) is 19.5 Å². The number of aromatic nitrogens is 4. The third kappa shape index (κ3) is 4.62. The zero-order valence-electron chi connectivity index (χ0n) is 18.9. The number of carbonyl (C=O) groups is 1. The van der Waals surface area contributed by atoms with Crippen LogP contribution in [0.2, 0.25) is 5.02 Å². The first kappa shape index (κ1) is 21.9. The molecule has 4 N–H and O–H groups in total. The van der Waals surface area contributed by atoms with Gasteiger partial charge < -0.3 is 16.4 Å². The molecule has 2 aliphatic rings. The molecule has 0 spiro atoms. The second kappa shape index (κ2) is 8.82. The molecule has 3 aromatic rings. The molecule has 2 saturated carbocycles. The molecular formula is C24H30ClN7O. The summed E-state index contributed by atoms with van der Waals surface area (Å²) in [6.45, 7) is 2.24. The largest absolute Gasteiger partial charge is 0.369 e. The summed E-state index contributed by atoms with van der Waals surface area (Å²) >= 11 is 6.20. The Morgan fingerprint density at radius 3 is 2.64 bits per heavy atom. The van der Waals surface area contributed by atoms with Crippen LogP contribution in [0.25, 0.3) is 11.2 Å². The minimum Gasteiger partial charge on any atom is -0.369 e. The van der Waals surface area contributed by atoms with Gasteiger partial charge in [0.25, 0.3) is 0 Å². The number of halogens is 1. The quantitative estimate of drug-likeness (QED) is 0.460. The fraction of sp³-hybridized carbons (Fsp3) is 0.500. The van der Waals surface area contributed by atoms with E-state index in [9.17, 15) is 4.79 Å². The van der Waals surface area contributed by atoms with Crippen molar-refractivity contribution in [3.05, 3.63) is 35.5 Å². The number of rotatable bonds is 6. The highest BCUT2D eigenvalue weighted by molar-refractivity contribution is 6.30. The van der Waals surface area contributed by atoms with E-state index in [1.807, 2.05) is 24.3 Å². The van der Waals surface area contributed by atoms with Gasteiger partial charge in [0.05, 0.1) is 6.20 Å². The summed E-state index contributed by atoms with van der Waals surface area (Å²) in [5.74, 6) is 1.07. The summed E-state index contributed by atoms with van der Waals surface area (Å²) in [6, 6.07) is 7.74. The van der Waals surface area contributed by atoms with Crippen LogP contribution in [0.5, 0.6) is 0 Å². The van der Waals surface area contributed by atoms with Crippen LogP contribution in [0, 0.1) is 5.92 Å². The number of fused-ring (bicyclic) bond motifs is 1. The van der Waals surface area contributed by atoms with Crippen LogP contribution in [-0.4, -0.2) is 31.0 Å². The van der Waals surface area contributed by atoms with E-state index in [2.05, 4.69) is 27.1 Å². The number of amides is 1. The van der Waals surface area contributed by atoms with Gasteiger partial charge in [0.15, 0.2) is 5.65 Å². The summed E-state index contributed by atoms with van der Waals surface area (Å²) in [5.41, 5.74) is 7.98. The molecule has 9 heteroatoms. The molecule has 0 atom stereocenters. The first-order valence-corrected chi connectivity index (χ1v) is 12.1. The van der Waals surface area contributed by atoms with Gasteiger partial charge >= 0.3 is 0 Å². The average Bonchev–Trinajstić information content (AvgIpc) is 3.37. The second-order valence-corrected chi connectivity index (χ2v) is 10.1. The fourth-order valence-electron chi connectivity index (χ4n) is 5.25. The Morgan fingerprint density at radius 2 is 1.94 bits per heavy atom. The number of nitrogens with zero attached hydrogens (tertiary/aromatic N) is 4. The molecule has 0 unspecified atom stereocenters. The van der Waals surface area contributed by atoms with E-state index in [0.717, 1.165) is 55.4 Å². The summed E-state index contributed by atoms with van der Waals surface area (Å²) in [5, 5.41) is 7.64. The Balaban J connectivity index is 1.52. The Labute approximate surface area is 198 Å². The number of nitrogens with two attached hydrogens (primary N) is 1. The number of imidazole rings is 1. The Hall–Kier alpha value is -2.87. The predicted octanol–water partition coefficient (Wildman–Crippen LogP) is 5.18. The van der Waals surface area contributed by atoms with Crippen LogP contribution < -0.4 is 16.4 Å². The summed E-state index contributed by atoms with van der Waals surface area (Å²) < 4.78 is 2.16. The first-order valence-electron chi connectivity index (χ1n) is 11.8. The number of carbonyl (C=O) groups excluding carboxylic acids is 1. The third-order valence-corrected chi connectivity index (χ3v) is 7.33. The molecule has 2 aliphatic carbocycles. The lowest BCUT2D eigenvalue weighted by Crippen LogP contribution is -2.32. The highest BCUT2D eigenvalue weighted by Gasteiger charge is 2.31. The fourth-order valence-corrected chi connectivity index (χ4v) is 5.44. The zero-order valence-corrected chi connectivity index (χ0v) is 19.6. The second-order valence-electron chi connectivity index (χ2n) is 9.64. The molecule has 174 valence electrons. The van der Waals surface area contributed by atoms with E-state index in [1.54, 1.807) is 6.20 Å². The maximum Gasteiger partial charge on any atom is 0.225 e. The minimum atomic E-state index is -0.208. The van der Waals surface area contributed by atoms with E-state index in [4.69, 9.17) is 27.3 Å². The van der Waals surface area contributed by atoms with Crippen LogP contribution in [0.15, 0.2) is 30.5 Å². The van der Waals surface area contributed by atoms with Gasteiger partial charge in [-0.15, -0.1) is 0 Å². The molecule has 0 aliphatic heterocycles. The molecule has 8 nitrogen and oxygen atoms in total. The highest BCUT2D eigenvalue weighted by Crippen LogP contribution is 2.38. The van der Waals surface area contributed by atoms with Crippen LogP contribution in [0.4, 0.5) is 17.6 Å². The molecular weight excluding hydrogens is 438 g/mol. The van der Waals surface area contributed by atoms with E-state index in [1.165, 1.54) is 12.8 Å². The molecule has 0 radical (unpaired) electrons. The van der Waals surface area contributed by atoms with E-state index >= 15 is 0 Å². The number of benzene rings is 1. The van der Waals surface area contributed by atoms with E-state index < -0.39 is 0 Å². The maximum absolute atomic E-state index is 11.7. The van der Waals surface area contributed by atoms with Crippen LogP contribution in [0.3, 0.4) is 0 Å². The zero-order chi connectivity index (χ0) is 23.0. The lowest BCUT2D eigenvalue weighted by molar-refractivity contribution is -0.122. The van der Waals surface area contributed by atoms with E-state index in [-0.39, 0.29) is 23.4 Å². The molecule has 5 rings (SSSR count). The lowest BCUT2D eigenvalue weighted by Gasteiger charge is -2.29. The van der Waals surface area contributed by atoms with Gasteiger partial charge in [0, 0.05) is 28.2 Å². The number of hydrogen-bond acceptors (Lipinski definition) is 6. The monoisotopic (exact) mass is 467 g/mol. The van der Waals surface area contributed by atoms with Gasteiger partial charge in [-0.05, 0) is 63.6 Å². The normalized spacial score (nSPS) is 22.4. The Kier molecular flexibility index (Phi) is 5.86. The topological polar surface area (TPSA) is 111 Å². The first-order chi connectivity index (χ1) is 15.9. The smallest absolute Gasteiger partial charge is 0.225 e. The van der Waals surface area contributed by atoms with Crippen molar-refractivity contribution in [2.45, 2.75) is 69.9 Å². The molecule has 2 heterocycles. The Morgan fingerprint density at radius 1 is 1.18 bits per heavy atom. The molecule has 1 amide bonds. The number of nitrogens with one attached hydrogen (secondary N) is 2. The van der Waals surface area contributed by atoms with Crippen molar-refractivity contribution in [1.29, 1.82) is 0 Å². The lowest BCUT2D eigenvalue weighted by atomic mass is 9.85. The minimum absolute atomic E-state index is 0.0277. The van der Waals surface area contributed by atoms with Crippen molar-refractivity contribution in [3.63, 3.8) is 0 Å². The van der Waals surface area contributed by atoms with Gasteiger partial charge in [0.2, 0.25) is 17.8 Å². The number of anilines is 3. The van der Waals surface area contributed by atoms with Crippen molar-refractivity contribution in [3.8, 4) is 0 Å². The molecule has 0 saturated heterocycles. The number of primary amides is 1. The Bertz CT molecular complexity index is 1160. The predicted molar refractivity (Wildman–Crippen MR) is 131 cm³/mol. The summed E-state index contributed by atoms with van der Waals surface area (Å²) in [6.07, 6.45) is 9.69. The summed E-state index contributed by atoms with van der Waals surface area (Å²) in [7, 11) is 0. The van der Waals surface area contributed by atoms with Crippen LogP contribution in [0.1, 0.15) is 64.3 Å². The van der Waals surface area contributed by atoms with E-state index in [0.29, 0.717) is 16.9 Å². The standard InChI is InChI=1S/C24H30ClN7O/c1-24(11-2-3-12-24)31-22-27-14-19-21(30-22)32(18-9-7-15(8-10-18)20(26)33)23(29-19)28-17-6-4-5-16(25)13-17/h4-6,13-15,18H,2-3,7-12H2,1H3,(H2,26,33)(H,28,29)(H,27,30,31). The average molecular weight is 468 g/mol. The van der Waals surface area contributed by atoms with Gasteiger partial charge in [-0.3, -0.25) is 9.36 Å². The van der Waals surface area contributed by atoms with Gasteiger partial charge in [-0.25, -0.2) is 9.97 Å². The highest BCUT2D eigenvalue weighted by atomic mass is 35.5. The van der Waals surface area contributed by atoms with Gasteiger partial charge in [-0.2, -0.15) is 4.98 Å². The van der Waals surface area contributed by atoms with Crippen molar-refractivity contribution in [2.24, 2.45) is 11.7 Å². The van der Waals surface area contributed by atoms with Crippen molar-refractivity contribution in [2.75, 3.05) is 10.6 Å².